The second-order valence-corrected chi connectivity index (χ2v) is 3.09. The molecular weight excluding hydrogens is 211 g/mol. The molecule has 0 aliphatic rings. The third-order valence-electron chi connectivity index (χ3n) is 0.823. The van der Waals surface area contributed by atoms with E-state index in [0.717, 1.165) is 0 Å². The fraction of sp³-hybridized carbons (Fsp3) is 1.00. The second kappa shape index (κ2) is 3.37. The Morgan fingerprint density at radius 2 is 1.50 bits per heavy atom. The van der Waals surface area contributed by atoms with Crippen LogP contribution in [0.15, 0.2) is 0 Å². The van der Waals surface area contributed by atoms with Crippen molar-refractivity contribution >= 4 is 34.8 Å². The molecule has 0 rings (SSSR count). The van der Waals surface area contributed by atoms with Gasteiger partial charge in [0, 0.05) is 12.3 Å². The summed E-state index contributed by atoms with van der Waals surface area (Å²) in [5, 5.41) is -7.31. The van der Waals surface area contributed by atoms with Crippen LogP contribution in [0.2, 0.25) is 0 Å². The molecule has 0 N–H and O–H groups in total. The fourth-order valence-corrected chi connectivity index (χ4v) is 0.807. The summed E-state index contributed by atoms with van der Waals surface area (Å²) in [7, 11) is 0. The van der Waals surface area contributed by atoms with Crippen LogP contribution in [0.5, 0.6) is 0 Å². The van der Waals surface area contributed by atoms with Gasteiger partial charge in [0.2, 0.25) is 0 Å². The van der Waals surface area contributed by atoms with Gasteiger partial charge in [-0.15, -0.1) is 11.6 Å². The lowest BCUT2D eigenvalue weighted by Crippen LogP contribution is -2.34. The van der Waals surface area contributed by atoms with E-state index in [1.165, 1.54) is 0 Å². The van der Waals surface area contributed by atoms with Crippen LogP contribution in [0.25, 0.3) is 0 Å². The first-order valence-electron chi connectivity index (χ1n) is 2.32. The van der Waals surface area contributed by atoms with Crippen molar-refractivity contribution in [3.05, 3.63) is 0 Å². The van der Waals surface area contributed by atoms with Gasteiger partial charge in [-0.1, -0.05) is 11.6 Å². The summed E-state index contributed by atoms with van der Waals surface area (Å²) in [6.45, 7) is 0. The summed E-state index contributed by atoms with van der Waals surface area (Å²) in [5.74, 6) is -0.303. The van der Waals surface area contributed by atoms with Crippen LogP contribution >= 0.6 is 34.8 Å². The molecule has 0 saturated heterocycles. The summed E-state index contributed by atoms with van der Waals surface area (Å²) in [4.78, 5) is 0. The van der Waals surface area contributed by atoms with Gasteiger partial charge in [0.1, 0.15) is 0 Å². The van der Waals surface area contributed by atoms with Crippen molar-refractivity contribution in [3.63, 3.8) is 0 Å². The van der Waals surface area contributed by atoms with Crippen molar-refractivity contribution in [1.29, 1.82) is 0 Å². The van der Waals surface area contributed by atoms with E-state index in [9.17, 15) is 13.2 Å². The Morgan fingerprint density at radius 3 is 1.60 bits per heavy atom. The predicted octanol–water partition coefficient (Wildman–Crippen LogP) is 3.35. The lowest BCUT2D eigenvalue weighted by Gasteiger charge is -2.20. The van der Waals surface area contributed by atoms with Crippen LogP contribution in [0.3, 0.4) is 0 Å². The van der Waals surface area contributed by atoms with Crippen molar-refractivity contribution in [2.24, 2.45) is 0 Å². The Balaban J connectivity index is 4.10. The van der Waals surface area contributed by atoms with Gasteiger partial charge in [-0.3, -0.25) is 0 Å². The second-order valence-electron chi connectivity index (χ2n) is 1.64. The molecule has 1 unspecified atom stereocenters. The maximum Gasteiger partial charge on any atom is 0.369 e. The quantitative estimate of drug-likeness (QED) is 0.633. The van der Waals surface area contributed by atoms with Crippen LogP contribution in [0, 0.1) is 0 Å². The SMILES string of the molecule is FC(F)(Cl)C(F)(Cl)CCCl. The molecule has 0 bridgehead atoms. The van der Waals surface area contributed by atoms with E-state index < -0.39 is 16.9 Å². The lowest BCUT2D eigenvalue weighted by molar-refractivity contribution is -0.0209. The first-order chi connectivity index (χ1) is 4.31. The topological polar surface area (TPSA) is 0 Å². The van der Waals surface area contributed by atoms with E-state index in [1.807, 2.05) is 0 Å². The van der Waals surface area contributed by atoms with Gasteiger partial charge >= 0.3 is 5.38 Å². The minimum atomic E-state index is -4.07. The molecule has 0 aliphatic heterocycles. The van der Waals surface area contributed by atoms with Gasteiger partial charge in [-0.05, 0) is 11.6 Å². The Kier molecular flexibility index (Phi) is 3.59. The van der Waals surface area contributed by atoms with Gasteiger partial charge < -0.3 is 0 Å². The van der Waals surface area contributed by atoms with Crippen LogP contribution in [0.1, 0.15) is 6.42 Å². The number of hydrogen-bond acceptors (Lipinski definition) is 0. The standard InChI is InChI=1S/C4H4Cl3F3/c5-2-1-3(6,8)4(7,9)10/h1-2H2. The minimum absolute atomic E-state index is 0.303. The van der Waals surface area contributed by atoms with Gasteiger partial charge in [-0.2, -0.15) is 8.78 Å². The molecule has 0 saturated carbocycles. The summed E-state index contributed by atoms with van der Waals surface area (Å²) >= 11 is 14.0. The molecule has 0 aromatic heterocycles. The minimum Gasteiger partial charge on any atom is -0.218 e. The fourth-order valence-electron chi connectivity index (χ4n) is 0.260. The third kappa shape index (κ3) is 2.72. The van der Waals surface area contributed by atoms with Crippen LogP contribution in [-0.2, 0) is 0 Å². The normalized spacial score (nSPS) is 18.6. The Morgan fingerprint density at radius 1 is 1.10 bits per heavy atom. The number of hydrogen-bond donors (Lipinski definition) is 0. The number of rotatable bonds is 3. The molecule has 10 heavy (non-hydrogen) atoms. The van der Waals surface area contributed by atoms with Gasteiger partial charge in [0.05, 0.1) is 0 Å². The molecule has 0 heterocycles. The molecule has 0 aromatic rings. The van der Waals surface area contributed by atoms with E-state index in [0.29, 0.717) is 0 Å². The number of halogens is 6. The van der Waals surface area contributed by atoms with E-state index in [4.69, 9.17) is 11.6 Å². The highest BCUT2D eigenvalue weighted by Gasteiger charge is 2.51. The molecule has 62 valence electrons. The molecule has 1 atom stereocenters. The summed E-state index contributed by atoms with van der Waals surface area (Å²) in [6.07, 6.45) is -0.688. The Labute approximate surface area is 71.2 Å². The van der Waals surface area contributed by atoms with Crippen molar-refractivity contribution in [3.8, 4) is 0 Å². The molecular formula is C4H4Cl3F3. The van der Waals surface area contributed by atoms with Crippen molar-refractivity contribution in [2.45, 2.75) is 16.9 Å². The summed E-state index contributed by atoms with van der Waals surface area (Å²) < 4.78 is 36.2. The molecule has 0 aliphatic carbocycles. The highest BCUT2D eigenvalue weighted by atomic mass is 35.5. The third-order valence-corrected chi connectivity index (χ3v) is 1.83. The highest BCUT2D eigenvalue weighted by molar-refractivity contribution is 6.32. The van der Waals surface area contributed by atoms with E-state index in [-0.39, 0.29) is 5.88 Å². The molecule has 0 spiro atoms. The number of alkyl halides is 6. The zero-order valence-corrected chi connectivity index (χ0v) is 6.95. The van der Waals surface area contributed by atoms with Crippen LogP contribution in [-0.4, -0.2) is 16.4 Å². The molecule has 0 aromatic carbocycles. The smallest absolute Gasteiger partial charge is 0.218 e. The van der Waals surface area contributed by atoms with Crippen molar-refractivity contribution in [2.75, 3.05) is 5.88 Å². The molecule has 0 amide bonds. The summed E-state index contributed by atoms with van der Waals surface area (Å²) in [6, 6.07) is 0. The van der Waals surface area contributed by atoms with Gasteiger partial charge in [-0.25, -0.2) is 4.39 Å². The first-order valence-corrected chi connectivity index (χ1v) is 3.61. The van der Waals surface area contributed by atoms with Crippen molar-refractivity contribution in [1.82, 2.24) is 0 Å². The predicted molar refractivity (Wildman–Crippen MR) is 35.8 cm³/mol. The zero-order chi connectivity index (χ0) is 8.41. The Hall–Kier alpha value is 0.660. The van der Waals surface area contributed by atoms with Crippen LogP contribution in [0.4, 0.5) is 13.2 Å². The maximum atomic E-state index is 12.4. The summed E-state index contributed by atoms with van der Waals surface area (Å²) in [5.41, 5.74) is 0. The Bertz CT molecular complexity index is 109. The van der Waals surface area contributed by atoms with E-state index >= 15 is 0 Å². The molecule has 0 radical (unpaired) electrons. The van der Waals surface area contributed by atoms with Crippen LogP contribution < -0.4 is 0 Å². The average molecular weight is 215 g/mol. The zero-order valence-electron chi connectivity index (χ0n) is 4.68. The monoisotopic (exact) mass is 214 g/mol. The molecule has 0 fully saturated rings. The first kappa shape index (κ1) is 10.7. The maximum absolute atomic E-state index is 12.4. The molecule has 0 nitrogen and oxygen atoms in total. The lowest BCUT2D eigenvalue weighted by atomic mass is 10.3. The van der Waals surface area contributed by atoms with E-state index in [1.54, 1.807) is 0 Å². The van der Waals surface area contributed by atoms with Gasteiger partial charge in [0.15, 0.2) is 0 Å². The van der Waals surface area contributed by atoms with Crippen molar-refractivity contribution < 1.29 is 13.2 Å². The van der Waals surface area contributed by atoms with Gasteiger partial charge in [0.25, 0.3) is 5.13 Å². The molecule has 6 heteroatoms. The highest BCUT2D eigenvalue weighted by Crippen LogP contribution is 2.42. The average Bonchev–Trinajstić information content (AvgIpc) is 1.61. The largest absolute Gasteiger partial charge is 0.369 e. The van der Waals surface area contributed by atoms with E-state index in [2.05, 4.69) is 23.2 Å².